The molecule has 0 atom stereocenters. The van der Waals surface area contributed by atoms with Crippen molar-refractivity contribution < 1.29 is 17.6 Å². The van der Waals surface area contributed by atoms with E-state index in [-0.39, 0.29) is 22.4 Å². The largest absolute Gasteiger partial charge is 0.326 e. The van der Waals surface area contributed by atoms with Crippen LogP contribution in [0.1, 0.15) is 26.7 Å². The van der Waals surface area contributed by atoms with Gasteiger partial charge in [-0.2, -0.15) is 0 Å². The fourth-order valence-corrected chi connectivity index (χ4v) is 2.27. The monoisotopic (exact) mass is 288 g/mol. The van der Waals surface area contributed by atoms with Gasteiger partial charge in [0, 0.05) is 11.6 Å². The number of nitrogens with two attached hydrogens (primary N) is 1. The second-order valence-corrected chi connectivity index (χ2v) is 5.78. The summed E-state index contributed by atoms with van der Waals surface area (Å²) in [5, 5.41) is 7.43. The van der Waals surface area contributed by atoms with Crippen molar-refractivity contribution in [2.45, 2.75) is 31.6 Å². The minimum atomic E-state index is -4.01. The number of carbonyl (C=O) groups is 1. The number of carbonyl (C=O) groups excluding carboxylic acids is 1. The number of sulfonamides is 1. The average Bonchev–Trinajstić information content (AvgIpc) is 2.28. The van der Waals surface area contributed by atoms with E-state index in [1.807, 2.05) is 13.8 Å². The Hall–Kier alpha value is -1.47. The van der Waals surface area contributed by atoms with Crippen LogP contribution in [0.25, 0.3) is 0 Å². The molecular weight excluding hydrogens is 271 g/mol. The second-order valence-electron chi connectivity index (χ2n) is 4.22. The smallest absolute Gasteiger partial charge is 0.238 e. The zero-order chi connectivity index (χ0) is 14.6. The Morgan fingerprint density at radius 3 is 2.37 bits per heavy atom. The van der Waals surface area contributed by atoms with Gasteiger partial charge in [0.1, 0.15) is 5.82 Å². The number of rotatable bonds is 5. The van der Waals surface area contributed by atoms with Gasteiger partial charge in [0.15, 0.2) is 0 Å². The summed E-state index contributed by atoms with van der Waals surface area (Å²) in [6, 6.07) is 3.00. The van der Waals surface area contributed by atoms with Gasteiger partial charge in [0.05, 0.1) is 4.90 Å². The Bertz CT molecular complexity index is 568. The lowest BCUT2D eigenvalue weighted by atomic mass is 10.0. The molecule has 0 saturated carbocycles. The maximum atomic E-state index is 13.3. The molecule has 0 fully saturated rings. The van der Waals surface area contributed by atoms with Crippen LogP contribution >= 0.6 is 0 Å². The lowest BCUT2D eigenvalue weighted by Crippen LogP contribution is -2.22. The van der Waals surface area contributed by atoms with Gasteiger partial charge in [-0.1, -0.05) is 13.8 Å². The minimum Gasteiger partial charge on any atom is -0.326 e. The first-order chi connectivity index (χ1) is 8.77. The Balaban J connectivity index is 3.03. The van der Waals surface area contributed by atoms with E-state index in [2.05, 4.69) is 5.32 Å². The standard InChI is InChI=1S/C12H17FN2O3S/c1-3-8(4-2)12(16)15-10-5-9(13)6-11(7-10)19(14,17)18/h5-8H,3-4H2,1-2H3,(H,15,16)(H2,14,17,18). The SMILES string of the molecule is CCC(CC)C(=O)Nc1cc(F)cc(S(N)(=O)=O)c1. The fourth-order valence-electron chi connectivity index (χ4n) is 1.70. The van der Waals surface area contributed by atoms with Crippen LogP contribution < -0.4 is 10.5 Å². The van der Waals surface area contributed by atoms with Crippen molar-refractivity contribution in [3.63, 3.8) is 0 Å². The van der Waals surface area contributed by atoms with Gasteiger partial charge < -0.3 is 5.32 Å². The molecule has 0 spiro atoms. The first kappa shape index (κ1) is 15.6. The van der Waals surface area contributed by atoms with Crippen molar-refractivity contribution in [3.05, 3.63) is 24.0 Å². The molecule has 1 aromatic rings. The number of nitrogens with one attached hydrogen (secondary N) is 1. The van der Waals surface area contributed by atoms with E-state index >= 15 is 0 Å². The Morgan fingerprint density at radius 2 is 1.89 bits per heavy atom. The van der Waals surface area contributed by atoms with Gasteiger partial charge in [-0.05, 0) is 31.0 Å². The topological polar surface area (TPSA) is 89.3 Å². The summed E-state index contributed by atoms with van der Waals surface area (Å²) < 4.78 is 35.6. The van der Waals surface area contributed by atoms with Crippen LogP contribution in [0.5, 0.6) is 0 Å². The van der Waals surface area contributed by atoms with Crippen LogP contribution in [0.3, 0.4) is 0 Å². The summed E-state index contributed by atoms with van der Waals surface area (Å²) in [5.74, 6) is -1.23. The normalized spacial score (nSPS) is 11.6. The summed E-state index contributed by atoms with van der Waals surface area (Å²) in [6.45, 7) is 3.74. The highest BCUT2D eigenvalue weighted by Crippen LogP contribution is 2.19. The van der Waals surface area contributed by atoms with E-state index in [0.29, 0.717) is 12.8 Å². The predicted molar refractivity (Wildman–Crippen MR) is 70.5 cm³/mol. The molecule has 0 aliphatic heterocycles. The lowest BCUT2D eigenvalue weighted by Gasteiger charge is -2.13. The zero-order valence-corrected chi connectivity index (χ0v) is 11.6. The van der Waals surface area contributed by atoms with E-state index in [1.54, 1.807) is 0 Å². The first-order valence-electron chi connectivity index (χ1n) is 5.92. The van der Waals surface area contributed by atoms with Crippen molar-refractivity contribution in [2.24, 2.45) is 11.1 Å². The van der Waals surface area contributed by atoms with E-state index in [4.69, 9.17) is 5.14 Å². The van der Waals surface area contributed by atoms with Crippen molar-refractivity contribution in [2.75, 3.05) is 5.32 Å². The first-order valence-corrected chi connectivity index (χ1v) is 7.46. The lowest BCUT2D eigenvalue weighted by molar-refractivity contribution is -0.120. The quantitative estimate of drug-likeness (QED) is 0.866. The Labute approximate surface area is 112 Å². The average molecular weight is 288 g/mol. The van der Waals surface area contributed by atoms with Crippen molar-refractivity contribution in [1.82, 2.24) is 0 Å². The molecule has 0 bridgehead atoms. The van der Waals surface area contributed by atoms with Crippen LogP contribution in [0.2, 0.25) is 0 Å². The summed E-state index contributed by atoms with van der Waals surface area (Å²) in [6.07, 6.45) is 1.30. The molecule has 19 heavy (non-hydrogen) atoms. The van der Waals surface area contributed by atoms with Crippen molar-refractivity contribution in [3.8, 4) is 0 Å². The minimum absolute atomic E-state index is 0.0842. The van der Waals surface area contributed by atoms with Gasteiger partial charge in [-0.25, -0.2) is 17.9 Å². The molecule has 0 saturated heterocycles. The molecule has 3 N–H and O–H groups in total. The van der Waals surface area contributed by atoms with E-state index < -0.39 is 15.8 Å². The zero-order valence-electron chi connectivity index (χ0n) is 10.8. The molecule has 0 radical (unpaired) electrons. The molecule has 1 rings (SSSR count). The van der Waals surface area contributed by atoms with Crippen LogP contribution in [-0.4, -0.2) is 14.3 Å². The molecular formula is C12H17FN2O3S. The molecule has 106 valence electrons. The number of hydrogen-bond acceptors (Lipinski definition) is 3. The number of halogens is 1. The molecule has 0 aliphatic carbocycles. The summed E-state index contributed by atoms with van der Waals surface area (Å²) in [7, 11) is -4.01. The molecule has 0 unspecified atom stereocenters. The fraction of sp³-hybridized carbons (Fsp3) is 0.417. The van der Waals surface area contributed by atoms with Crippen molar-refractivity contribution in [1.29, 1.82) is 0 Å². The number of primary sulfonamides is 1. The van der Waals surface area contributed by atoms with Crippen LogP contribution in [0.4, 0.5) is 10.1 Å². The highest BCUT2D eigenvalue weighted by Gasteiger charge is 2.16. The third kappa shape index (κ3) is 4.29. The number of amides is 1. The molecule has 0 aliphatic rings. The van der Waals surface area contributed by atoms with Gasteiger partial charge in [-0.3, -0.25) is 4.79 Å². The number of anilines is 1. The van der Waals surface area contributed by atoms with Gasteiger partial charge in [0.25, 0.3) is 0 Å². The van der Waals surface area contributed by atoms with Gasteiger partial charge in [-0.15, -0.1) is 0 Å². The molecule has 0 heterocycles. The summed E-state index contributed by atoms with van der Waals surface area (Å²) in [5.41, 5.74) is 0.0842. The molecule has 7 heteroatoms. The van der Waals surface area contributed by atoms with Gasteiger partial charge in [0.2, 0.25) is 15.9 Å². The predicted octanol–water partition coefficient (Wildman–Crippen LogP) is 1.85. The summed E-state index contributed by atoms with van der Waals surface area (Å²) >= 11 is 0. The van der Waals surface area contributed by atoms with E-state index in [9.17, 15) is 17.6 Å². The molecule has 1 aromatic carbocycles. The van der Waals surface area contributed by atoms with Crippen LogP contribution in [0, 0.1) is 11.7 Å². The molecule has 0 aromatic heterocycles. The summed E-state index contributed by atoms with van der Waals surface area (Å²) in [4.78, 5) is 11.5. The van der Waals surface area contributed by atoms with E-state index in [0.717, 1.165) is 18.2 Å². The number of hydrogen-bond donors (Lipinski definition) is 2. The Kier molecular flexibility index (Phi) is 5.02. The molecule has 1 amide bonds. The highest BCUT2D eigenvalue weighted by molar-refractivity contribution is 7.89. The van der Waals surface area contributed by atoms with Crippen molar-refractivity contribution >= 4 is 21.6 Å². The van der Waals surface area contributed by atoms with Crippen LogP contribution in [0.15, 0.2) is 23.1 Å². The Morgan fingerprint density at radius 1 is 1.32 bits per heavy atom. The molecule has 5 nitrogen and oxygen atoms in total. The van der Waals surface area contributed by atoms with Gasteiger partial charge >= 0.3 is 0 Å². The third-order valence-electron chi connectivity index (χ3n) is 2.82. The van der Waals surface area contributed by atoms with Crippen LogP contribution in [-0.2, 0) is 14.8 Å². The maximum absolute atomic E-state index is 13.3. The maximum Gasteiger partial charge on any atom is 0.238 e. The number of benzene rings is 1. The second kappa shape index (κ2) is 6.12. The highest BCUT2D eigenvalue weighted by atomic mass is 32.2. The third-order valence-corrected chi connectivity index (χ3v) is 3.72. The van der Waals surface area contributed by atoms with E-state index in [1.165, 1.54) is 0 Å².